The Bertz CT molecular complexity index is 113. The van der Waals surface area contributed by atoms with Crippen molar-refractivity contribution in [3.63, 3.8) is 0 Å². The maximum Gasteiger partial charge on any atom is 0.324 e. The van der Waals surface area contributed by atoms with E-state index >= 15 is 0 Å². The van der Waals surface area contributed by atoms with Crippen LogP contribution >= 0.6 is 0 Å². The fraction of sp³-hybridized carbons (Fsp3) is 0.800. The summed E-state index contributed by atoms with van der Waals surface area (Å²) >= 11 is 0. The summed E-state index contributed by atoms with van der Waals surface area (Å²) in [7, 11) is 1.86. The van der Waals surface area contributed by atoms with Gasteiger partial charge in [-0.2, -0.15) is 0 Å². The second-order valence-electron chi connectivity index (χ2n) is 2.03. The smallest absolute Gasteiger partial charge is 0.324 e. The minimum Gasteiger partial charge on any atom is -0.448 e. The molecule has 0 N–H and O–H groups in total. The zero-order valence-corrected chi connectivity index (χ0v) is 5.05. The molecule has 0 bridgehead atoms. The van der Waals surface area contributed by atoms with Gasteiger partial charge in [0.05, 0.1) is 0 Å². The third-order valence-corrected chi connectivity index (χ3v) is 1.41. The van der Waals surface area contributed by atoms with Crippen molar-refractivity contribution in [3.05, 3.63) is 0 Å². The van der Waals surface area contributed by atoms with Crippen LogP contribution in [0.4, 0.5) is 0 Å². The molecular weight excluding hydrogens is 106 g/mol. The van der Waals surface area contributed by atoms with Gasteiger partial charge in [0.1, 0.15) is 12.8 Å². The summed E-state index contributed by atoms with van der Waals surface area (Å²) in [5.74, 6) is -0.118. The third kappa shape index (κ3) is 0.690. The average Bonchev–Trinajstić information content (AvgIpc) is 1.98. The van der Waals surface area contributed by atoms with Gasteiger partial charge >= 0.3 is 5.97 Å². The van der Waals surface area contributed by atoms with E-state index in [2.05, 4.69) is 4.74 Å². The molecule has 1 heterocycles. The minimum absolute atomic E-state index is 0.0463. The van der Waals surface area contributed by atoms with Crippen molar-refractivity contribution in [2.24, 2.45) is 0 Å². The van der Waals surface area contributed by atoms with E-state index in [1.807, 2.05) is 18.9 Å². The van der Waals surface area contributed by atoms with Gasteiger partial charge in [-0.3, -0.25) is 9.69 Å². The van der Waals surface area contributed by atoms with Crippen molar-refractivity contribution in [3.8, 4) is 0 Å². The Balaban J connectivity index is 2.56. The summed E-state index contributed by atoms with van der Waals surface area (Å²) in [5, 5.41) is 0. The molecule has 0 aromatic carbocycles. The van der Waals surface area contributed by atoms with Crippen LogP contribution in [-0.2, 0) is 9.53 Å². The highest BCUT2D eigenvalue weighted by Gasteiger charge is 2.26. The number of nitrogens with zero attached hydrogens (tertiary/aromatic N) is 1. The molecule has 1 unspecified atom stereocenters. The van der Waals surface area contributed by atoms with Crippen molar-refractivity contribution >= 4 is 5.97 Å². The molecule has 1 fully saturated rings. The SMILES string of the molecule is CC1C(=O)OCN1C. The predicted octanol–water partition coefficient (Wildman–Crippen LogP) is -0.179. The summed E-state index contributed by atoms with van der Waals surface area (Å²) in [6.45, 7) is 2.27. The van der Waals surface area contributed by atoms with Crippen molar-refractivity contribution in [2.75, 3.05) is 13.8 Å². The number of hydrogen-bond acceptors (Lipinski definition) is 3. The Kier molecular flexibility index (Phi) is 1.21. The topological polar surface area (TPSA) is 29.5 Å². The molecule has 1 aliphatic heterocycles. The first kappa shape index (κ1) is 5.56. The van der Waals surface area contributed by atoms with Gasteiger partial charge in [-0.05, 0) is 14.0 Å². The molecule has 46 valence electrons. The first-order chi connectivity index (χ1) is 3.72. The summed E-state index contributed by atoms with van der Waals surface area (Å²) in [4.78, 5) is 12.4. The second-order valence-corrected chi connectivity index (χ2v) is 2.03. The molecule has 3 heteroatoms. The quantitative estimate of drug-likeness (QED) is 0.410. The van der Waals surface area contributed by atoms with Crippen LogP contribution < -0.4 is 0 Å². The van der Waals surface area contributed by atoms with Crippen LogP contribution in [0.5, 0.6) is 0 Å². The maximum atomic E-state index is 10.5. The first-order valence-electron chi connectivity index (χ1n) is 2.58. The summed E-state index contributed by atoms with van der Waals surface area (Å²) in [6.07, 6.45) is 0. The number of ether oxygens (including phenoxy) is 1. The Morgan fingerprint density at radius 2 is 2.50 bits per heavy atom. The van der Waals surface area contributed by atoms with E-state index in [0.29, 0.717) is 6.73 Å². The van der Waals surface area contributed by atoms with Gasteiger partial charge < -0.3 is 4.74 Å². The number of esters is 1. The number of rotatable bonds is 0. The van der Waals surface area contributed by atoms with Crippen LogP contribution in [-0.4, -0.2) is 30.7 Å². The number of carbonyl (C=O) groups excluding carboxylic acids is 1. The minimum atomic E-state index is -0.118. The van der Waals surface area contributed by atoms with Crippen LogP contribution in [0.2, 0.25) is 0 Å². The first-order valence-corrected chi connectivity index (χ1v) is 2.58. The van der Waals surface area contributed by atoms with Crippen LogP contribution in [0.15, 0.2) is 0 Å². The van der Waals surface area contributed by atoms with Gasteiger partial charge in [0, 0.05) is 0 Å². The van der Waals surface area contributed by atoms with Crippen LogP contribution in [0, 0.1) is 0 Å². The van der Waals surface area contributed by atoms with Crippen molar-refractivity contribution in [1.82, 2.24) is 4.90 Å². The largest absolute Gasteiger partial charge is 0.448 e. The highest BCUT2D eigenvalue weighted by atomic mass is 16.6. The third-order valence-electron chi connectivity index (χ3n) is 1.41. The van der Waals surface area contributed by atoms with Crippen molar-refractivity contribution in [2.45, 2.75) is 13.0 Å². The van der Waals surface area contributed by atoms with E-state index in [9.17, 15) is 4.79 Å². The van der Waals surface area contributed by atoms with Gasteiger partial charge in [0.25, 0.3) is 0 Å². The molecule has 1 saturated heterocycles. The fourth-order valence-electron chi connectivity index (χ4n) is 0.578. The normalized spacial score (nSPS) is 30.8. The zero-order chi connectivity index (χ0) is 6.15. The molecule has 1 aliphatic rings. The maximum absolute atomic E-state index is 10.5. The highest BCUT2D eigenvalue weighted by molar-refractivity contribution is 5.76. The van der Waals surface area contributed by atoms with E-state index in [0.717, 1.165) is 0 Å². The molecule has 0 aliphatic carbocycles. The van der Waals surface area contributed by atoms with Crippen molar-refractivity contribution in [1.29, 1.82) is 0 Å². The molecule has 0 saturated carbocycles. The Labute approximate surface area is 48.2 Å². The molecular formula is C5H9NO2. The van der Waals surface area contributed by atoms with Crippen LogP contribution in [0.25, 0.3) is 0 Å². The fourth-order valence-corrected chi connectivity index (χ4v) is 0.578. The van der Waals surface area contributed by atoms with Gasteiger partial charge in [0.15, 0.2) is 0 Å². The lowest BCUT2D eigenvalue weighted by atomic mass is 10.3. The predicted molar refractivity (Wildman–Crippen MR) is 28.2 cm³/mol. The Morgan fingerprint density at radius 1 is 1.88 bits per heavy atom. The van der Waals surface area contributed by atoms with E-state index in [1.54, 1.807) is 0 Å². The van der Waals surface area contributed by atoms with Gasteiger partial charge in [-0.15, -0.1) is 0 Å². The molecule has 0 radical (unpaired) electrons. The molecule has 0 amide bonds. The molecule has 1 atom stereocenters. The summed E-state index contributed by atoms with van der Waals surface area (Å²) < 4.78 is 4.66. The number of carbonyl (C=O) groups is 1. The zero-order valence-electron chi connectivity index (χ0n) is 5.05. The average molecular weight is 115 g/mol. The summed E-state index contributed by atoms with van der Waals surface area (Å²) in [6, 6.07) is -0.0463. The molecule has 8 heavy (non-hydrogen) atoms. The summed E-state index contributed by atoms with van der Waals surface area (Å²) in [5.41, 5.74) is 0. The lowest BCUT2D eigenvalue weighted by Gasteiger charge is -2.05. The van der Waals surface area contributed by atoms with Crippen molar-refractivity contribution < 1.29 is 9.53 Å². The second kappa shape index (κ2) is 1.74. The van der Waals surface area contributed by atoms with Gasteiger partial charge in [-0.25, -0.2) is 0 Å². The van der Waals surface area contributed by atoms with Gasteiger partial charge in [0.2, 0.25) is 0 Å². The molecule has 3 nitrogen and oxygen atoms in total. The highest BCUT2D eigenvalue weighted by Crippen LogP contribution is 2.05. The van der Waals surface area contributed by atoms with E-state index in [4.69, 9.17) is 0 Å². The van der Waals surface area contributed by atoms with Crippen LogP contribution in [0.1, 0.15) is 6.92 Å². The lowest BCUT2D eigenvalue weighted by Crippen LogP contribution is -2.25. The van der Waals surface area contributed by atoms with Crippen LogP contribution in [0.3, 0.4) is 0 Å². The van der Waals surface area contributed by atoms with E-state index in [-0.39, 0.29) is 12.0 Å². The molecule has 0 aromatic heterocycles. The molecule has 0 aromatic rings. The molecule has 0 spiro atoms. The number of cyclic esters (lactones) is 1. The molecule has 1 rings (SSSR count). The van der Waals surface area contributed by atoms with E-state index in [1.165, 1.54) is 0 Å². The lowest BCUT2D eigenvalue weighted by molar-refractivity contribution is -0.138. The standard InChI is InChI=1S/C5H9NO2/c1-4-5(7)8-3-6(4)2/h4H,3H2,1-2H3. The number of likely N-dealkylation sites (N-methyl/N-ethyl adjacent to an activating group) is 1. The Hall–Kier alpha value is -0.570. The van der Waals surface area contributed by atoms with E-state index < -0.39 is 0 Å². The Morgan fingerprint density at radius 3 is 2.62 bits per heavy atom. The monoisotopic (exact) mass is 115 g/mol. The number of hydrogen-bond donors (Lipinski definition) is 0. The van der Waals surface area contributed by atoms with Gasteiger partial charge in [-0.1, -0.05) is 0 Å².